The van der Waals surface area contributed by atoms with Gasteiger partial charge >= 0.3 is 0 Å². The van der Waals surface area contributed by atoms with Crippen LogP contribution in [0.5, 0.6) is 5.75 Å². The van der Waals surface area contributed by atoms with E-state index in [-0.39, 0.29) is 12.5 Å². The van der Waals surface area contributed by atoms with Crippen molar-refractivity contribution in [1.82, 2.24) is 4.98 Å². The van der Waals surface area contributed by atoms with Crippen molar-refractivity contribution in [3.63, 3.8) is 0 Å². The molecule has 1 N–H and O–H groups in total. The van der Waals surface area contributed by atoms with E-state index in [1.165, 1.54) is 11.3 Å². The van der Waals surface area contributed by atoms with Crippen LogP contribution in [0.3, 0.4) is 0 Å². The number of halogens is 2. The summed E-state index contributed by atoms with van der Waals surface area (Å²) in [4.78, 5) is 16.4. The number of ether oxygens (including phenoxy) is 1. The maximum Gasteiger partial charge on any atom is 0.264 e. The largest absolute Gasteiger partial charge is 0.482 e. The van der Waals surface area contributed by atoms with Gasteiger partial charge in [0.05, 0.1) is 15.2 Å². The summed E-state index contributed by atoms with van der Waals surface area (Å²) >= 11 is 13.2. The van der Waals surface area contributed by atoms with E-state index in [0.29, 0.717) is 20.9 Å². The first kappa shape index (κ1) is 16.1. The molecule has 0 fully saturated rings. The van der Waals surface area contributed by atoms with Crippen molar-refractivity contribution in [3.05, 3.63) is 52.0 Å². The molecule has 0 saturated carbocycles. The van der Waals surface area contributed by atoms with Crippen LogP contribution in [0.1, 0.15) is 5.56 Å². The van der Waals surface area contributed by atoms with Crippen molar-refractivity contribution < 1.29 is 9.53 Å². The van der Waals surface area contributed by atoms with Crippen molar-refractivity contribution in [2.75, 3.05) is 11.9 Å². The minimum Gasteiger partial charge on any atom is -0.482 e. The molecule has 0 saturated heterocycles. The lowest BCUT2D eigenvalue weighted by Crippen LogP contribution is -2.20. The molecule has 0 unspecified atom stereocenters. The Labute approximate surface area is 147 Å². The third-order valence-corrected chi connectivity index (χ3v) is 4.59. The maximum atomic E-state index is 12.0. The van der Waals surface area contributed by atoms with Gasteiger partial charge in [-0.25, -0.2) is 4.98 Å². The van der Waals surface area contributed by atoms with E-state index in [1.807, 2.05) is 25.1 Å². The van der Waals surface area contributed by atoms with Gasteiger partial charge in [-0.2, -0.15) is 0 Å². The molecule has 1 amide bonds. The van der Waals surface area contributed by atoms with E-state index < -0.39 is 0 Å². The average Bonchev–Trinajstić information content (AvgIpc) is 2.90. The summed E-state index contributed by atoms with van der Waals surface area (Å²) in [6, 6.07) is 10.8. The van der Waals surface area contributed by atoms with Gasteiger partial charge in [0.25, 0.3) is 5.91 Å². The molecule has 0 radical (unpaired) electrons. The Morgan fingerprint density at radius 1 is 1.30 bits per heavy atom. The molecule has 118 valence electrons. The molecule has 1 heterocycles. The van der Waals surface area contributed by atoms with Crippen LogP contribution in [-0.4, -0.2) is 17.5 Å². The topological polar surface area (TPSA) is 51.2 Å². The van der Waals surface area contributed by atoms with Gasteiger partial charge in [0.1, 0.15) is 5.75 Å². The predicted octanol–water partition coefficient (Wildman–Crippen LogP) is 4.93. The third kappa shape index (κ3) is 3.75. The van der Waals surface area contributed by atoms with Crippen molar-refractivity contribution in [3.8, 4) is 5.75 Å². The van der Waals surface area contributed by atoms with E-state index >= 15 is 0 Å². The number of hydrogen-bond donors (Lipinski definition) is 1. The van der Waals surface area contributed by atoms with E-state index in [0.717, 1.165) is 15.8 Å². The number of rotatable bonds is 4. The molecular weight excluding hydrogens is 355 g/mol. The number of carbonyl (C=O) groups is 1. The first-order valence-electron chi connectivity index (χ1n) is 6.77. The molecule has 0 aliphatic carbocycles. The van der Waals surface area contributed by atoms with E-state index in [9.17, 15) is 4.79 Å². The first-order valence-corrected chi connectivity index (χ1v) is 8.34. The molecule has 1 aromatic heterocycles. The molecule has 7 heteroatoms. The Hall–Kier alpha value is -1.82. The van der Waals surface area contributed by atoms with Crippen molar-refractivity contribution >= 4 is 55.8 Å². The SMILES string of the molecule is Cc1cccc2sc(NC(=O)COc3ccc(Cl)cc3Cl)nc12. The van der Waals surface area contributed by atoms with E-state index in [1.54, 1.807) is 18.2 Å². The van der Waals surface area contributed by atoms with Crippen molar-refractivity contribution in [1.29, 1.82) is 0 Å². The van der Waals surface area contributed by atoms with E-state index in [2.05, 4.69) is 10.3 Å². The Morgan fingerprint density at radius 2 is 2.13 bits per heavy atom. The van der Waals surface area contributed by atoms with Crippen LogP contribution in [-0.2, 0) is 4.79 Å². The Bertz CT molecular complexity index is 880. The molecule has 4 nitrogen and oxygen atoms in total. The van der Waals surface area contributed by atoms with Gasteiger partial charge < -0.3 is 4.74 Å². The van der Waals surface area contributed by atoms with Gasteiger partial charge in [-0.15, -0.1) is 0 Å². The fourth-order valence-electron chi connectivity index (χ4n) is 2.03. The molecule has 3 rings (SSSR count). The Kier molecular flexibility index (Phi) is 4.71. The number of anilines is 1. The predicted molar refractivity (Wildman–Crippen MR) is 94.9 cm³/mol. The quantitative estimate of drug-likeness (QED) is 0.712. The summed E-state index contributed by atoms with van der Waals surface area (Å²) in [6.07, 6.45) is 0. The van der Waals surface area contributed by atoms with Gasteiger partial charge in [-0.3, -0.25) is 10.1 Å². The fourth-order valence-corrected chi connectivity index (χ4v) is 3.45. The number of hydrogen-bond acceptors (Lipinski definition) is 4. The van der Waals surface area contributed by atoms with Crippen LogP contribution in [0.2, 0.25) is 10.0 Å². The fraction of sp³-hybridized carbons (Fsp3) is 0.125. The van der Waals surface area contributed by atoms with Gasteiger partial charge in [0.15, 0.2) is 11.7 Å². The second kappa shape index (κ2) is 6.74. The van der Waals surface area contributed by atoms with Crippen LogP contribution < -0.4 is 10.1 Å². The molecule has 3 aromatic rings. The Morgan fingerprint density at radius 3 is 2.87 bits per heavy atom. The summed E-state index contributed by atoms with van der Waals surface area (Å²) in [7, 11) is 0. The summed E-state index contributed by atoms with van der Waals surface area (Å²) in [5.41, 5.74) is 1.97. The number of aryl methyl sites for hydroxylation is 1. The highest BCUT2D eigenvalue weighted by Crippen LogP contribution is 2.29. The van der Waals surface area contributed by atoms with E-state index in [4.69, 9.17) is 27.9 Å². The number of carbonyl (C=O) groups excluding carboxylic acids is 1. The highest BCUT2D eigenvalue weighted by atomic mass is 35.5. The third-order valence-electron chi connectivity index (χ3n) is 3.12. The van der Waals surface area contributed by atoms with Gasteiger partial charge in [-0.1, -0.05) is 46.7 Å². The highest BCUT2D eigenvalue weighted by Gasteiger charge is 2.10. The smallest absolute Gasteiger partial charge is 0.264 e. The molecule has 0 atom stereocenters. The summed E-state index contributed by atoms with van der Waals surface area (Å²) < 4.78 is 6.43. The molecule has 0 aliphatic rings. The zero-order valence-corrected chi connectivity index (χ0v) is 14.4. The molecule has 0 aliphatic heterocycles. The van der Waals surface area contributed by atoms with Crippen LogP contribution >= 0.6 is 34.5 Å². The Balaban J connectivity index is 1.65. The zero-order chi connectivity index (χ0) is 16.4. The van der Waals surface area contributed by atoms with Crippen molar-refractivity contribution in [2.24, 2.45) is 0 Å². The van der Waals surface area contributed by atoms with Crippen LogP contribution in [0.15, 0.2) is 36.4 Å². The lowest BCUT2D eigenvalue weighted by atomic mass is 10.2. The van der Waals surface area contributed by atoms with Crippen LogP contribution in [0.25, 0.3) is 10.2 Å². The number of thiazole rings is 1. The number of aromatic nitrogens is 1. The second-order valence-electron chi connectivity index (χ2n) is 4.85. The lowest BCUT2D eigenvalue weighted by Gasteiger charge is -2.07. The minimum absolute atomic E-state index is 0.156. The number of benzene rings is 2. The number of amides is 1. The van der Waals surface area contributed by atoms with Crippen LogP contribution in [0.4, 0.5) is 5.13 Å². The number of nitrogens with zero attached hydrogens (tertiary/aromatic N) is 1. The highest BCUT2D eigenvalue weighted by molar-refractivity contribution is 7.22. The standard InChI is InChI=1S/C16H12Cl2N2O2S/c1-9-3-2-4-13-15(9)20-16(23-13)19-14(21)8-22-12-6-5-10(17)7-11(12)18/h2-7H,8H2,1H3,(H,19,20,21). The zero-order valence-electron chi connectivity index (χ0n) is 12.1. The van der Waals surface area contributed by atoms with Gasteiger partial charge in [-0.05, 0) is 36.8 Å². The summed E-state index contributed by atoms with van der Waals surface area (Å²) in [5, 5.41) is 4.15. The first-order chi connectivity index (χ1) is 11.0. The number of fused-ring (bicyclic) bond motifs is 1. The monoisotopic (exact) mass is 366 g/mol. The van der Waals surface area contributed by atoms with Gasteiger partial charge in [0.2, 0.25) is 0 Å². The molecule has 23 heavy (non-hydrogen) atoms. The number of nitrogens with one attached hydrogen (secondary N) is 1. The van der Waals surface area contributed by atoms with Crippen molar-refractivity contribution in [2.45, 2.75) is 6.92 Å². The maximum absolute atomic E-state index is 12.0. The average molecular weight is 367 g/mol. The molecule has 0 spiro atoms. The van der Waals surface area contributed by atoms with Crippen LogP contribution in [0, 0.1) is 6.92 Å². The summed E-state index contributed by atoms with van der Waals surface area (Å²) in [5.74, 6) is 0.110. The normalized spacial score (nSPS) is 10.7. The minimum atomic E-state index is -0.298. The summed E-state index contributed by atoms with van der Waals surface area (Å²) in [6.45, 7) is 1.83. The second-order valence-corrected chi connectivity index (χ2v) is 6.73. The molecular formula is C16H12Cl2N2O2S. The lowest BCUT2D eigenvalue weighted by molar-refractivity contribution is -0.118. The van der Waals surface area contributed by atoms with Gasteiger partial charge in [0, 0.05) is 5.02 Å². The number of para-hydroxylation sites is 1. The molecule has 0 bridgehead atoms. The molecule has 2 aromatic carbocycles.